The van der Waals surface area contributed by atoms with E-state index in [1.807, 2.05) is 24.3 Å². The fourth-order valence-corrected chi connectivity index (χ4v) is 3.64. The highest BCUT2D eigenvalue weighted by Gasteiger charge is 2.38. The Morgan fingerprint density at radius 3 is 2.86 bits per heavy atom. The van der Waals surface area contributed by atoms with Crippen molar-refractivity contribution < 1.29 is 14.2 Å². The summed E-state index contributed by atoms with van der Waals surface area (Å²) in [6.07, 6.45) is 1.59. The summed E-state index contributed by atoms with van der Waals surface area (Å²) in [5.74, 6) is 0.531. The largest absolute Gasteiger partial charge is 0.496 e. The first-order valence-electron chi connectivity index (χ1n) is 6.86. The van der Waals surface area contributed by atoms with Crippen molar-refractivity contribution in [3.8, 4) is 5.75 Å². The van der Waals surface area contributed by atoms with E-state index in [4.69, 9.17) is 4.74 Å². The highest BCUT2D eigenvalue weighted by atomic mass is 79.9. The molecule has 110 valence electrons. The van der Waals surface area contributed by atoms with E-state index in [1.54, 1.807) is 13.2 Å². The maximum Gasteiger partial charge on any atom is 0.133 e. The molecule has 1 atom stereocenters. The van der Waals surface area contributed by atoms with Gasteiger partial charge in [-0.25, -0.2) is 4.39 Å². The number of hydrogen-bond donors (Lipinski definition) is 1. The number of fused-ring (bicyclic) bond motifs is 1. The van der Waals surface area contributed by atoms with E-state index in [9.17, 15) is 9.50 Å². The van der Waals surface area contributed by atoms with E-state index in [0.717, 1.165) is 21.3 Å². The summed E-state index contributed by atoms with van der Waals surface area (Å²) in [6, 6.07) is 10.7. The minimum absolute atomic E-state index is 0.223. The van der Waals surface area contributed by atoms with Crippen LogP contribution in [0.5, 0.6) is 5.75 Å². The van der Waals surface area contributed by atoms with Crippen molar-refractivity contribution >= 4 is 15.9 Å². The molecular weight excluding hydrogens is 335 g/mol. The molecular formula is C17H16BrFO2. The Labute approximate surface area is 131 Å². The van der Waals surface area contributed by atoms with Crippen molar-refractivity contribution in [3.63, 3.8) is 0 Å². The molecule has 0 spiro atoms. The molecule has 0 aromatic heterocycles. The lowest BCUT2D eigenvalue weighted by molar-refractivity contribution is 0.0389. The molecule has 2 aromatic carbocycles. The van der Waals surface area contributed by atoms with Gasteiger partial charge in [-0.3, -0.25) is 0 Å². The average molecular weight is 351 g/mol. The number of hydrogen-bond acceptors (Lipinski definition) is 2. The van der Waals surface area contributed by atoms with Crippen LogP contribution in [0.4, 0.5) is 4.39 Å². The maximum absolute atomic E-state index is 13.8. The zero-order chi connectivity index (χ0) is 15.0. The summed E-state index contributed by atoms with van der Waals surface area (Å²) in [7, 11) is 1.61. The summed E-state index contributed by atoms with van der Waals surface area (Å²) >= 11 is 3.45. The van der Waals surface area contributed by atoms with Crippen LogP contribution in [0.3, 0.4) is 0 Å². The molecule has 1 unspecified atom stereocenters. The molecule has 1 aliphatic rings. The van der Waals surface area contributed by atoms with Crippen LogP contribution in [-0.4, -0.2) is 12.2 Å². The Balaban J connectivity index is 1.93. The first kappa shape index (κ1) is 14.5. The van der Waals surface area contributed by atoms with Crippen LogP contribution in [0.1, 0.15) is 23.1 Å². The van der Waals surface area contributed by atoms with Crippen LogP contribution >= 0.6 is 15.9 Å². The lowest BCUT2D eigenvalue weighted by atomic mass is 9.89. The molecule has 0 saturated heterocycles. The standard InChI is InChI=1S/C17H16BrFO2/c1-21-16-6-5-11(9-14(16)18)10-17(20)8-7-12-13(17)3-2-4-15(12)19/h2-6,9,20H,7-8,10H2,1H3. The highest BCUT2D eigenvalue weighted by molar-refractivity contribution is 9.10. The van der Waals surface area contributed by atoms with E-state index in [-0.39, 0.29) is 5.82 Å². The fourth-order valence-electron chi connectivity index (χ4n) is 3.06. The van der Waals surface area contributed by atoms with Gasteiger partial charge in [0.2, 0.25) is 0 Å². The van der Waals surface area contributed by atoms with Gasteiger partial charge in [0.1, 0.15) is 11.6 Å². The van der Waals surface area contributed by atoms with Gasteiger partial charge in [0.15, 0.2) is 0 Å². The molecule has 3 rings (SSSR count). The zero-order valence-corrected chi connectivity index (χ0v) is 13.3. The number of methoxy groups -OCH3 is 1. The van der Waals surface area contributed by atoms with Gasteiger partial charge in [-0.2, -0.15) is 0 Å². The normalized spacial score (nSPS) is 20.4. The van der Waals surface area contributed by atoms with Crippen molar-refractivity contribution in [2.24, 2.45) is 0 Å². The summed E-state index contributed by atoms with van der Waals surface area (Å²) in [6.45, 7) is 0. The third-order valence-electron chi connectivity index (χ3n) is 4.12. The molecule has 0 amide bonds. The third kappa shape index (κ3) is 2.58. The van der Waals surface area contributed by atoms with Gasteiger partial charge in [-0.05, 0) is 63.7 Å². The van der Waals surface area contributed by atoms with Gasteiger partial charge < -0.3 is 9.84 Å². The van der Waals surface area contributed by atoms with Crippen molar-refractivity contribution in [2.75, 3.05) is 7.11 Å². The average Bonchev–Trinajstić information content (AvgIpc) is 2.78. The second-order valence-electron chi connectivity index (χ2n) is 5.44. The maximum atomic E-state index is 13.8. The van der Waals surface area contributed by atoms with Gasteiger partial charge in [-0.15, -0.1) is 0 Å². The molecule has 21 heavy (non-hydrogen) atoms. The van der Waals surface area contributed by atoms with E-state index < -0.39 is 5.60 Å². The Morgan fingerprint density at radius 1 is 1.33 bits per heavy atom. The quantitative estimate of drug-likeness (QED) is 0.907. The van der Waals surface area contributed by atoms with Crippen LogP contribution in [0, 0.1) is 5.82 Å². The van der Waals surface area contributed by atoms with Crippen molar-refractivity contribution in [3.05, 3.63) is 63.4 Å². The summed E-state index contributed by atoms with van der Waals surface area (Å²) in [5, 5.41) is 10.9. The van der Waals surface area contributed by atoms with Crippen LogP contribution in [0.25, 0.3) is 0 Å². The number of halogens is 2. The topological polar surface area (TPSA) is 29.5 Å². The van der Waals surface area contributed by atoms with Gasteiger partial charge in [0.25, 0.3) is 0 Å². The Hall–Kier alpha value is -1.39. The predicted molar refractivity (Wildman–Crippen MR) is 83.0 cm³/mol. The first-order chi connectivity index (χ1) is 10.0. The minimum atomic E-state index is -0.995. The van der Waals surface area contributed by atoms with Crippen LogP contribution in [0.15, 0.2) is 40.9 Å². The number of rotatable bonds is 3. The molecule has 0 aliphatic heterocycles. The second kappa shape index (κ2) is 5.43. The first-order valence-corrected chi connectivity index (χ1v) is 7.65. The van der Waals surface area contributed by atoms with Crippen molar-refractivity contribution in [1.29, 1.82) is 0 Å². The van der Waals surface area contributed by atoms with Crippen LogP contribution in [0.2, 0.25) is 0 Å². The molecule has 0 fully saturated rings. The highest BCUT2D eigenvalue weighted by Crippen LogP contribution is 2.41. The summed E-state index contributed by atoms with van der Waals surface area (Å²) < 4.78 is 19.9. The van der Waals surface area contributed by atoms with E-state index in [2.05, 4.69) is 15.9 Å². The predicted octanol–water partition coefficient (Wildman–Crippen LogP) is 3.97. The number of ether oxygens (including phenoxy) is 1. The van der Waals surface area contributed by atoms with E-state index in [1.165, 1.54) is 6.07 Å². The minimum Gasteiger partial charge on any atom is -0.496 e. The van der Waals surface area contributed by atoms with E-state index in [0.29, 0.717) is 24.8 Å². The molecule has 1 N–H and O–H groups in total. The molecule has 4 heteroatoms. The van der Waals surface area contributed by atoms with Crippen molar-refractivity contribution in [1.82, 2.24) is 0 Å². The molecule has 2 nitrogen and oxygen atoms in total. The Bertz CT molecular complexity index is 686. The lowest BCUT2D eigenvalue weighted by Crippen LogP contribution is -2.25. The van der Waals surface area contributed by atoms with Crippen LogP contribution < -0.4 is 4.74 Å². The smallest absolute Gasteiger partial charge is 0.133 e. The molecule has 0 bridgehead atoms. The van der Waals surface area contributed by atoms with Crippen LogP contribution in [-0.2, 0) is 18.4 Å². The molecule has 2 aromatic rings. The third-order valence-corrected chi connectivity index (χ3v) is 4.74. The molecule has 0 saturated carbocycles. The number of aliphatic hydroxyl groups is 1. The molecule has 0 radical (unpaired) electrons. The zero-order valence-electron chi connectivity index (χ0n) is 11.7. The SMILES string of the molecule is COc1ccc(CC2(O)CCc3c(F)cccc32)cc1Br. The van der Waals surface area contributed by atoms with Gasteiger partial charge in [-0.1, -0.05) is 18.2 Å². The molecule has 0 heterocycles. The molecule has 1 aliphatic carbocycles. The van der Waals surface area contributed by atoms with Gasteiger partial charge in [0, 0.05) is 6.42 Å². The Kier molecular flexibility index (Phi) is 3.76. The lowest BCUT2D eigenvalue weighted by Gasteiger charge is -2.24. The second-order valence-corrected chi connectivity index (χ2v) is 6.30. The Morgan fingerprint density at radius 2 is 2.14 bits per heavy atom. The van der Waals surface area contributed by atoms with E-state index >= 15 is 0 Å². The van der Waals surface area contributed by atoms with Gasteiger partial charge >= 0.3 is 0 Å². The monoisotopic (exact) mass is 350 g/mol. The number of benzene rings is 2. The fraction of sp³-hybridized carbons (Fsp3) is 0.294. The van der Waals surface area contributed by atoms with Crippen molar-refractivity contribution in [2.45, 2.75) is 24.9 Å². The van der Waals surface area contributed by atoms with Gasteiger partial charge in [0.05, 0.1) is 17.2 Å². The summed E-state index contributed by atoms with van der Waals surface area (Å²) in [4.78, 5) is 0. The summed E-state index contributed by atoms with van der Waals surface area (Å²) in [5.41, 5.74) is 1.36.